The highest BCUT2D eigenvalue weighted by Crippen LogP contribution is 2.33. The Balaban J connectivity index is 2.12. The monoisotopic (exact) mass is 344 g/mol. The van der Waals surface area contributed by atoms with Crippen LogP contribution in [0.1, 0.15) is 22.3 Å². The van der Waals surface area contributed by atoms with Crippen molar-refractivity contribution >= 4 is 46.4 Å². The minimum atomic E-state index is 0.731. The molecule has 0 spiro atoms. The molecule has 20 heavy (non-hydrogen) atoms. The topological polar surface area (TPSA) is 0 Å². The Bertz CT molecular complexity index is 571. The van der Waals surface area contributed by atoms with Crippen molar-refractivity contribution in [1.29, 1.82) is 0 Å². The fraction of sp³-hybridized carbons (Fsp3) is 0.250. The summed E-state index contributed by atoms with van der Waals surface area (Å²) in [7, 11) is 0. The van der Waals surface area contributed by atoms with Crippen LogP contribution in [0.25, 0.3) is 0 Å². The molecule has 0 nitrogen and oxygen atoms in total. The molecule has 0 saturated carbocycles. The van der Waals surface area contributed by atoms with Gasteiger partial charge in [-0.05, 0) is 72.2 Å². The van der Waals surface area contributed by atoms with Crippen LogP contribution in [0.3, 0.4) is 0 Å². The normalized spacial score (nSPS) is 14.2. The Morgan fingerprint density at radius 1 is 0.500 bits per heavy atom. The van der Waals surface area contributed by atoms with Crippen LogP contribution in [0.5, 0.6) is 0 Å². The molecule has 4 heteroatoms. The molecule has 0 aromatic heterocycles. The quantitative estimate of drug-likeness (QED) is 0.534. The highest BCUT2D eigenvalue weighted by Gasteiger charge is 2.14. The molecule has 0 radical (unpaired) electrons. The molecule has 0 atom stereocenters. The third-order valence-electron chi connectivity index (χ3n) is 3.73. The summed E-state index contributed by atoms with van der Waals surface area (Å²) >= 11 is 25.4. The van der Waals surface area contributed by atoms with Crippen molar-refractivity contribution in [3.8, 4) is 0 Å². The molecule has 0 heterocycles. The van der Waals surface area contributed by atoms with E-state index >= 15 is 0 Å². The average Bonchev–Trinajstić information content (AvgIpc) is 2.36. The van der Waals surface area contributed by atoms with Gasteiger partial charge in [0, 0.05) is 20.1 Å². The fourth-order valence-electron chi connectivity index (χ4n) is 2.62. The number of halogens is 4. The van der Waals surface area contributed by atoms with Crippen molar-refractivity contribution in [3.63, 3.8) is 0 Å². The molecule has 104 valence electrons. The minimum Gasteiger partial charge on any atom is -0.0840 e. The summed E-state index contributed by atoms with van der Waals surface area (Å²) in [4.78, 5) is 0. The van der Waals surface area contributed by atoms with Gasteiger partial charge >= 0.3 is 0 Å². The standard InChI is InChI=1S/C16H12Cl4/c17-13-5-9-1-2-10-7-15(19)12(16(20)8-10)4-3-11(13)14(18)6-9/h5-8H,1-4H2. The second kappa shape index (κ2) is 5.77. The predicted molar refractivity (Wildman–Crippen MR) is 87.7 cm³/mol. The zero-order chi connectivity index (χ0) is 14.3. The first kappa shape index (κ1) is 14.5. The molecule has 0 unspecified atom stereocenters. The lowest BCUT2D eigenvalue weighted by atomic mass is 9.96. The van der Waals surface area contributed by atoms with Gasteiger partial charge in [-0.3, -0.25) is 0 Å². The van der Waals surface area contributed by atoms with Crippen LogP contribution in [-0.2, 0) is 25.7 Å². The maximum Gasteiger partial charge on any atom is 0.0455 e. The van der Waals surface area contributed by atoms with E-state index in [4.69, 9.17) is 46.4 Å². The molecule has 6 rings (SSSR count). The third kappa shape index (κ3) is 2.80. The van der Waals surface area contributed by atoms with E-state index in [-0.39, 0.29) is 0 Å². The first-order chi connectivity index (χ1) is 9.54. The van der Waals surface area contributed by atoms with Crippen molar-refractivity contribution in [3.05, 3.63) is 66.6 Å². The first-order valence-electron chi connectivity index (χ1n) is 6.48. The van der Waals surface area contributed by atoms with E-state index in [0.29, 0.717) is 0 Å². The zero-order valence-corrected chi connectivity index (χ0v) is 13.7. The largest absolute Gasteiger partial charge is 0.0840 e. The van der Waals surface area contributed by atoms with E-state index in [0.717, 1.165) is 68.0 Å². The predicted octanol–water partition coefficient (Wildman–Crippen LogP) is 6.18. The van der Waals surface area contributed by atoms with Crippen LogP contribution in [0.4, 0.5) is 0 Å². The van der Waals surface area contributed by atoms with Crippen LogP contribution < -0.4 is 0 Å². The summed E-state index contributed by atoms with van der Waals surface area (Å²) in [6.07, 6.45) is 3.20. The Labute approximate surface area is 138 Å². The van der Waals surface area contributed by atoms with Gasteiger partial charge in [-0.25, -0.2) is 0 Å². The molecule has 0 N–H and O–H groups in total. The molecule has 4 aliphatic rings. The lowest BCUT2D eigenvalue weighted by molar-refractivity contribution is 0.922. The minimum absolute atomic E-state index is 0.731. The smallest absolute Gasteiger partial charge is 0.0455 e. The number of hydrogen-bond acceptors (Lipinski definition) is 0. The molecular weight excluding hydrogens is 334 g/mol. The lowest BCUT2D eigenvalue weighted by Crippen LogP contribution is -2.01. The average molecular weight is 346 g/mol. The third-order valence-corrected chi connectivity index (χ3v) is 5.08. The van der Waals surface area contributed by atoms with Crippen molar-refractivity contribution in [2.24, 2.45) is 0 Å². The van der Waals surface area contributed by atoms with Gasteiger partial charge in [0.05, 0.1) is 0 Å². The number of hydrogen-bond donors (Lipinski definition) is 0. The molecule has 4 aliphatic carbocycles. The van der Waals surface area contributed by atoms with Gasteiger partial charge in [-0.15, -0.1) is 0 Å². The first-order valence-corrected chi connectivity index (χ1v) is 7.99. The second-order valence-corrected chi connectivity index (χ2v) is 6.70. The summed E-state index contributed by atoms with van der Waals surface area (Å²) in [5.41, 5.74) is 4.21. The van der Waals surface area contributed by atoms with Gasteiger partial charge < -0.3 is 0 Å². The molecule has 0 aliphatic heterocycles. The number of rotatable bonds is 0. The molecular formula is C16H12Cl4. The summed E-state index contributed by atoms with van der Waals surface area (Å²) in [5, 5.41) is 2.93. The van der Waals surface area contributed by atoms with Gasteiger partial charge in [0.15, 0.2) is 0 Å². The van der Waals surface area contributed by atoms with E-state index in [1.807, 2.05) is 24.3 Å². The van der Waals surface area contributed by atoms with Gasteiger partial charge in [0.1, 0.15) is 0 Å². The molecule has 2 aromatic carbocycles. The maximum atomic E-state index is 6.35. The highest BCUT2D eigenvalue weighted by molar-refractivity contribution is 6.37. The van der Waals surface area contributed by atoms with E-state index in [9.17, 15) is 0 Å². The number of aryl methyl sites for hydroxylation is 2. The fourth-order valence-corrected chi connectivity index (χ4v) is 4.06. The van der Waals surface area contributed by atoms with Crippen molar-refractivity contribution < 1.29 is 0 Å². The molecule has 0 amide bonds. The zero-order valence-electron chi connectivity index (χ0n) is 10.6. The summed E-state index contributed by atoms with van der Waals surface area (Å²) < 4.78 is 0. The van der Waals surface area contributed by atoms with E-state index in [1.165, 1.54) is 0 Å². The Morgan fingerprint density at radius 2 is 0.800 bits per heavy atom. The van der Waals surface area contributed by atoms with Crippen molar-refractivity contribution in [2.45, 2.75) is 25.7 Å². The Hall–Kier alpha value is -0.400. The SMILES string of the molecule is Clc1cc2cc(Cl)c1CCc1c(Cl)cc(cc1Cl)CC2. The van der Waals surface area contributed by atoms with E-state index in [1.54, 1.807) is 0 Å². The highest BCUT2D eigenvalue weighted by atomic mass is 35.5. The van der Waals surface area contributed by atoms with Crippen molar-refractivity contribution in [1.82, 2.24) is 0 Å². The van der Waals surface area contributed by atoms with Crippen molar-refractivity contribution in [2.75, 3.05) is 0 Å². The summed E-state index contributed by atoms with van der Waals surface area (Å²) in [6, 6.07) is 8.06. The van der Waals surface area contributed by atoms with Crippen LogP contribution in [0, 0.1) is 0 Å². The number of benzene rings is 2. The summed E-state index contributed by atoms with van der Waals surface area (Å²) in [5.74, 6) is 0. The molecule has 0 saturated heterocycles. The molecule has 0 fully saturated rings. The van der Waals surface area contributed by atoms with Crippen LogP contribution in [0.2, 0.25) is 20.1 Å². The van der Waals surface area contributed by atoms with Gasteiger partial charge in [0.25, 0.3) is 0 Å². The maximum absolute atomic E-state index is 6.35. The van der Waals surface area contributed by atoms with Crippen LogP contribution in [-0.4, -0.2) is 0 Å². The van der Waals surface area contributed by atoms with Crippen LogP contribution >= 0.6 is 46.4 Å². The molecule has 2 aromatic rings. The van der Waals surface area contributed by atoms with Gasteiger partial charge in [0.2, 0.25) is 0 Å². The molecule has 4 bridgehead atoms. The lowest BCUT2D eigenvalue weighted by Gasteiger charge is -2.15. The van der Waals surface area contributed by atoms with Crippen LogP contribution in [0.15, 0.2) is 24.3 Å². The van der Waals surface area contributed by atoms with Gasteiger partial charge in [-0.1, -0.05) is 46.4 Å². The Morgan fingerprint density at radius 3 is 1.10 bits per heavy atom. The van der Waals surface area contributed by atoms with E-state index in [2.05, 4.69) is 0 Å². The second-order valence-electron chi connectivity index (χ2n) is 5.08. The van der Waals surface area contributed by atoms with E-state index < -0.39 is 0 Å². The summed E-state index contributed by atoms with van der Waals surface area (Å²) in [6.45, 7) is 0. The van der Waals surface area contributed by atoms with Gasteiger partial charge in [-0.2, -0.15) is 0 Å². The Kier molecular flexibility index (Phi) is 4.19.